The van der Waals surface area contributed by atoms with Crippen LogP contribution in [-0.4, -0.2) is 14.4 Å². The van der Waals surface area contributed by atoms with Gasteiger partial charge in [-0.1, -0.05) is 36.4 Å². The van der Waals surface area contributed by atoms with Gasteiger partial charge < -0.3 is 5.73 Å². The van der Waals surface area contributed by atoms with Gasteiger partial charge in [-0.2, -0.15) is 12.8 Å². The summed E-state index contributed by atoms with van der Waals surface area (Å²) in [5.41, 5.74) is 7.46. The molecule has 104 valence electrons. The van der Waals surface area contributed by atoms with Crippen molar-refractivity contribution in [1.82, 2.24) is 5.43 Å². The van der Waals surface area contributed by atoms with Crippen molar-refractivity contribution in [3.8, 4) is 0 Å². The molecule has 0 atom stereocenters. The smallest absolute Gasteiger partial charge is 0.331 e. The summed E-state index contributed by atoms with van der Waals surface area (Å²) in [7, 11) is -3.93. The number of benzene rings is 2. The first kappa shape index (κ1) is 13.9. The fraction of sp³-hybridized carbons (Fsp3) is 0. The maximum Gasteiger partial charge on any atom is 0.331 e. The minimum Gasteiger partial charge on any atom is -0.350 e. The zero-order valence-corrected chi connectivity index (χ0v) is 11.2. The van der Waals surface area contributed by atoms with E-state index >= 15 is 0 Å². The van der Waals surface area contributed by atoms with E-state index < -0.39 is 16.1 Å². The van der Waals surface area contributed by atoms with Gasteiger partial charge in [-0.25, -0.2) is 10.2 Å². The summed E-state index contributed by atoms with van der Waals surface area (Å²) in [5, 5.41) is 0. The normalized spacial score (nSPS) is 10.8. The largest absolute Gasteiger partial charge is 0.350 e. The molecular formula is C13H13N3O3S. The number of carbonyl (C=O) groups excluding carboxylic acids is 1. The van der Waals surface area contributed by atoms with Crippen LogP contribution in [0.25, 0.3) is 0 Å². The van der Waals surface area contributed by atoms with E-state index in [2.05, 4.69) is 5.43 Å². The molecule has 2 rings (SSSR count). The van der Waals surface area contributed by atoms with Crippen molar-refractivity contribution >= 4 is 21.7 Å². The molecular weight excluding hydrogens is 278 g/mol. The molecule has 3 N–H and O–H groups in total. The van der Waals surface area contributed by atoms with Crippen LogP contribution in [0.4, 0.5) is 10.5 Å². The van der Waals surface area contributed by atoms with Crippen molar-refractivity contribution in [2.75, 3.05) is 4.41 Å². The summed E-state index contributed by atoms with van der Waals surface area (Å²) >= 11 is 0. The molecule has 0 bridgehead atoms. The molecule has 0 aliphatic rings. The number of rotatable bonds is 4. The van der Waals surface area contributed by atoms with E-state index in [-0.39, 0.29) is 10.6 Å². The van der Waals surface area contributed by atoms with Gasteiger partial charge in [-0.3, -0.25) is 0 Å². The van der Waals surface area contributed by atoms with E-state index in [0.29, 0.717) is 0 Å². The summed E-state index contributed by atoms with van der Waals surface area (Å²) < 4.78 is 25.8. The van der Waals surface area contributed by atoms with Gasteiger partial charge in [0.15, 0.2) is 0 Å². The molecule has 2 amide bonds. The lowest BCUT2D eigenvalue weighted by Crippen LogP contribution is -2.48. The maximum atomic E-state index is 12.5. The zero-order valence-electron chi connectivity index (χ0n) is 10.4. The number of nitrogens with zero attached hydrogens (tertiary/aromatic N) is 1. The Bertz CT molecular complexity index is 687. The SMILES string of the molecule is NC(=O)NN(c1ccccc1)S(=O)(=O)c1ccccc1. The number of nitrogens with one attached hydrogen (secondary N) is 1. The number of urea groups is 1. The summed E-state index contributed by atoms with van der Waals surface area (Å²) in [5.74, 6) is 0. The summed E-state index contributed by atoms with van der Waals surface area (Å²) in [4.78, 5) is 11.1. The maximum absolute atomic E-state index is 12.5. The van der Waals surface area contributed by atoms with E-state index in [4.69, 9.17) is 5.73 Å². The van der Waals surface area contributed by atoms with Gasteiger partial charge in [0, 0.05) is 0 Å². The Morgan fingerprint density at radius 1 is 0.950 bits per heavy atom. The van der Waals surface area contributed by atoms with E-state index in [9.17, 15) is 13.2 Å². The quantitative estimate of drug-likeness (QED) is 0.835. The lowest BCUT2D eigenvalue weighted by molar-refractivity contribution is 0.249. The first-order valence-corrected chi connectivity index (χ1v) is 7.17. The average Bonchev–Trinajstić information content (AvgIpc) is 2.46. The van der Waals surface area contributed by atoms with Crippen LogP contribution in [0.3, 0.4) is 0 Å². The number of primary amides is 1. The third-order valence-corrected chi connectivity index (χ3v) is 4.13. The van der Waals surface area contributed by atoms with Gasteiger partial charge in [0.05, 0.1) is 10.6 Å². The monoisotopic (exact) mass is 291 g/mol. The predicted octanol–water partition coefficient (Wildman–Crippen LogP) is 1.47. The Morgan fingerprint density at radius 3 is 1.95 bits per heavy atom. The topological polar surface area (TPSA) is 92.5 Å². The van der Waals surface area contributed by atoms with Gasteiger partial charge in [0.1, 0.15) is 0 Å². The van der Waals surface area contributed by atoms with Gasteiger partial charge in [0.2, 0.25) is 0 Å². The summed E-state index contributed by atoms with van der Waals surface area (Å²) in [6, 6.07) is 15.0. The molecule has 0 aliphatic carbocycles. The van der Waals surface area contributed by atoms with Crippen LogP contribution in [0, 0.1) is 0 Å². The first-order chi connectivity index (χ1) is 9.51. The van der Waals surface area contributed by atoms with Gasteiger partial charge in [-0.15, -0.1) is 0 Å². The predicted molar refractivity (Wildman–Crippen MR) is 75.3 cm³/mol. The summed E-state index contributed by atoms with van der Waals surface area (Å²) in [6.07, 6.45) is 0. The standard InChI is InChI=1S/C13H13N3O3S/c14-13(17)15-16(11-7-3-1-4-8-11)20(18,19)12-9-5-2-6-10-12/h1-10H,(H3,14,15,17). The number of sulfonamides is 1. The second-order valence-corrected chi connectivity index (χ2v) is 5.68. The molecule has 0 heterocycles. The highest BCUT2D eigenvalue weighted by Crippen LogP contribution is 2.21. The third-order valence-electron chi connectivity index (χ3n) is 2.48. The molecule has 0 spiro atoms. The number of para-hydroxylation sites is 1. The number of amides is 2. The van der Waals surface area contributed by atoms with E-state index in [1.807, 2.05) is 0 Å². The lowest BCUT2D eigenvalue weighted by Gasteiger charge is -2.23. The number of nitrogens with two attached hydrogens (primary N) is 1. The van der Waals surface area contributed by atoms with Crippen LogP contribution in [0.2, 0.25) is 0 Å². The molecule has 2 aromatic carbocycles. The molecule has 2 aromatic rings. The number of carbonyl (C=O) groups is 1. The Balaban J connectivity index is 2.49. The van der Waals surface area contributed by atoms with Crippen molar-refractivity contribution in [1.29, 1.82) is 0 Å². The van der Waals surface area contributed by atoms with Crippen molar-refractivity contribution in [2.45, 2.75) is 4.90 Å². The number of hydrogen-bond donors (Lipinski definition) is 2. The average molecular weight is 291 g/mol. The van der Waals surface area contributed by atoms with Crippen LogP contribution in [0.1, 0.15) is 0 Å². The molecule has 0 saturated heterocycles. The van der Waals surface area contributed by atoms with Crippen molar-refractivity contribution in [2.24, 2.45) is 5.73 Å². The zero-order chi connectivity index (χ0) is 14.6. The van der Waals surface area contributed by atoms with Crippen LogP contribution in [0.15, 0.2) is 65.6 Å². The Labute approximate surface area is 116 Å². The summed E-state index contributed by atoms with van der Waals surface area (Å²) in [6.45, 7) is 0. The van der Waals surface area contributed by atoms with Crippen LogP contribution >= 0.6 is 0 Å². The van der Waals surface area contributed by atoms with Crippen molar-refractivity contribution in [3.05, 3.63) is 60.7 Å². The molecule has 0 saturated carbocycles. The highest BCUT2D eigenvalue weighted by molar-refractivity contribution is 7.92. The van der Waals surface area contributed by atoms with E-state index in [0.717, 1.165) is 4.41 Å². The minimum absolute atomic E-state index is 0.0533. The van der Waals surface area contributed by atoms with Crippen LogP contribution < -0.4 is 15.6 Å². The van der Waals surface area contributed by atoms with Gasteiger partial charge in [0.25, 0.3) is 10.0 Å². The Hall–Kier alpha value is -2.54. The van der Waals surface area contributed by atoms with Gasteiger partial charge in [-0.05, 0) is 24.3 Å². The second-order valence-electron chi connectivity index (χ2n) is 3.89. The highest BCUT2D eigenvalue weighted by atomic mass is 32.2. The number of hydrazine groups is 1. The first-order valence-electron chi connectivity index (χ1n) is 5.73. The molecule has 7 heteroatoms. The molecule has 0 fully saturated rings. The minimum atomic E-state index is -3.93. The second kappa shape index (κ2) is 5.62. The Kier molecular flexibility index (Phi) is 3.90. The number of hydrogen-bond acceptors (Lipinski definition) is 3. The van der Waals surface area contributed by atoms with Crippen LogP contribution in [0.5, 0.6) is 0 Å². The fourth-order valence-electron chi connectivity index (χ4n) is 1.62. The lowest BCUT2D eigenvalue weighted by atomic mass is 10.3. The Morgan fingerprint density at radius 2 is 1.45 bits per heavy atom. The fourth-order valence-corrected chi connectivity index (χ4v) is 2.95. The van der Waals surface area contributed by atoms with Gasteiger partial charge >= 0.3 is 6.03 Å². The van der Waals surface area contributed by atoms with Crippen molar-refractivity contribution in [3.63, 3.8) is 0 Å². The molecule has 0 aliphatic heterocycles. The highest BCUT2D eigenvalue weighted by Gasteiger charge is 2.25. The molecule has 0 unspecified atom stereocenters. The molecule has 6 nitrogen and oxygen atoms in total. The van der Waals surface area contributed by atoms with Crippen LogP contribution in [-0.2, 0) is 10.0 Å². The van der Waals surface area contributed by atoms with E-state index in [1.54, 1.807) is 48.5 Å². The molecule has 0 aromatic heterocycles. The number of anilines is 1. The van der Waals surface area contributed by atoms with E-state index in [1.165, 1.54) is 12.1 Å². The molecule has 20 heavy (non-hydrogen) atoms. The van der Waals surface area contributed by atoms with Crippen molar-refractivity contribution < 1.29 is 13.2 Å². The molecule has 0 radical (unpaired) electrons. The third kappa shape index (κ3) is 2.89.